The number of nitrogens with one attached hydrogen (secondary N) is 1. The van der Waals surface area contributed by atoms with Crippen LogP contribution in [0, 0.1) is 6.92 Å². The van der Waals surface area contributed by atoms with Crippen LogP contribution >= 0.6 is 15.9 Å². The zero-order valence-corrected chi connectivity index (χ0v) is 15.5. The van der Waals surface area contributed by atoms with Crippen LogP contribution in [-0.2, 0) is 0 Å². The maximum absolute atomic E-state index is 12.5. The summed E-state index contributed by atoms with van der Waals surface area (Å²) < 4.78 is 0.980. The van der Waals surface area contributed by atoms with Gasteiger partial charge in [-0.2, -0.15) is 0 Å². The van der Waals surface area contributed by atoms with Gasteiger partial charge in [0.1, 0.15) is 5.82 Å². The monoisotopic (exact) mass is 388 g/mol. The first kappa shape index (κ1) is 16.9. The number of aryl methyl sites for hydroxylation is 1. The lowest BCUT2D eigenvalue weighted by Crippen LogP contribution is -2.44. The quantitative estimate of drug-likeness (QED) is 0.876. The largest absolute Gasteiger partial charge is 0.354 e. The maximum atomic E-state index is 12.5. The lowest BCUT2D eigenvalue weighted by atomic mass is 10.2. The molecular formula is C18H21BrN4O. The Balaban J connectivity index is 1.73. The minimum absolute atomic E-state index is 0.122. The van der Waals surface area contributed by atoms with Gasteiger partial charge in [-0.25, -0.2) is 4.98 Å². The first-order valence-corrected chi connectivity index (χ1v) is 8.79. The Hall–Kier alpha value is -1.92. The van der Waals surface area contributed by atoms with E-state index in [1.165, 1.54) is 0 Å². The fourth-order valence-corrected chi connectivity index (χ4v) is 3.02. The molecule has 126 valence electrons. The Labute approximate surface area is 150 Å². The molecule has 1 amide bonds. The van der Waals surface area contributed by atoms with Gasteiger partial charge in [0.2, 0.25) is 0 Å². The normalized spacial score (nSPS) is 15.4. The molecule has 1 saturated heterocycles. The number of aromatic nitrogens is 1. The zero-order valence-electron chi connectivity index (χ0n) is 13.9. The molecule has 5 nitrogen and oxygen atoms in total. The van der Waals surface area contributed by atoms with Gasteiger partial charge >= 0.3 is 0 Å². The predicted octanol–water partition coefficient (Wildman–Crippen LogP) is 3.16. The fraction of sp³-hybridized carbons (Fsp3) is 0.333. The number of halogens is 1. The van der Waals surface area contributed by atoms with Gasteiger partial charge in [-0.15, -0.1) is 0 Å². The number of carbonyl (C=O) groups excluding carboxylic acids is 1. The molecule has 1 fully saturated rings. The van der Waals surface area contributed by atoms with Crippen LogP contribution in [0.25, 0.3) is 0 Å². The van der Waals surface area contributed by atoms with Gasteiger partial charge in [0, 0.05) is 48.1 Å². The molecule has 24 heavy (non-hydrogen) atoms. The van der Waals surface area contributed by atoms with Crippen molar-refractivity contribution in [1.29, 1.82) is 0 Å². The Morgan fingerprint density at radius 2 is 1.92 bits per heavy atom. The van der Waals surface area contributed by atoms with E-state index in [1.807, 2.05) is 31.2 Å². The number of benzene rings is 1. The zero-order chi connectivity index (χ0) is 17.1. The second-order valence-corrected chi connectivity index (χ2v) is 6.97. The minimum atomic E-state index is -0.122. The number of pyridine rings is 1. The van der Waals surface area contributed by atoms with Crippen molar-refractivity contribution in [3.8, 4) is 0 Å². The molecule has 1 N–H and O–H groups in total. The standard InChI is InChI=1S/C18H21BrN4O/c1-13-3-4-15(12-16(13)19)21-18(24)14-5-6-20-17(11-14)23-9-7-22(2)8-10-23/h3-6,11-12H,7-10H2,1-2H3,(H,21,24). The number of hydrogen-bond donors (Lipinski definition) is 1. The van der Waals surface area contributed by atoms with Crippen LogP contribution in [0.2, 0.25) is 0 Å². The topological polar surface area (TPSA) is 48.5 Å². The molecule has 1 aliphatic heterocycles. The van der Waals surface area contributed by atoms with Crippen LogP contribution in [0.1, 0.15) is 15.9 Å². The van der Waals surface area contributed by atoms with E-state index in [0.29, 0.717) is 5.56 Å². The smallest absolute Gasteiger partial charge is 0.255 e. The highest BCUT2D eigenvalue weighted by molar-refractivity contribution is 9.10. The van der Waals surface area contributed by atoms with Crippen molar-refractivity contribution in [2.75, 3.05) is 43.4 Å². The molecule has 2 heterocycles. The number of carbonyl (C=O) groups is 1. The average Bonchev–Trinajstić information content (AvgIpc) is 2.59. The number of nitrogens with zero attached hydrogens (tertiary/aromatic N) is 3. The number of amides is 1. The van der Waals surface area contributed by atoms with Crippen molar-refractivity contribution in [2.45, 2.75) is 6.92 Å². The van der Waals surface area contributed by atoms with Crippen LogP contribution in [0.15, 0.2) is 41.0 Å². The minimum Gasteiger partial charge on any atom is -0.354 e. The molecule has 1 aromatic carbocycles. The van der Waals surface area contributed by atoms with E-state index in [-0.39, 0.29) is 5.91 Å². The van der Waals surface area contributed by atoms with E-state index in [1.54, 1.807) is 12.3 Å². The second-order valence-electron chi connectivity index (χ2n) is 6.11. The summed E-state index contributed by atoms with van der Waals surface area (Å²) in [5.41, 5.74) is 2.53. The molecule has 0 atom stereocenters. The van der Waals surface area contributed by atoms with Gasteiger partial charge in [0.25, 0.3) is 5.91 Å². The van der Waals surface area contributed by atoms with Crippen molar-refractivity contribution >= 4 is 33.3 Å². The van der Waals surface area contributed by atoms with Gasteiger partial charge < -0.3 is 15.1 Å². The van der Waals surface area contributed by atoms with Crippen LogP contribution in [-0.4, -0.2) is 49.0 Å². The third-order valence-electron chi connectivity index (χ3n) is 4.26. The number of likely N-dealkylation sites (N-methyl/N-ethyl adjacent to an activating group) is 1. The predicted molar refractivity (Wildman–Crippen MR) is 101 cm³/mol. The average molecular weight is 389 g/mol. The molecule has 0 spiro atoms. The van der Waals surface area contributed by atoms with Crippen molar-refractivity contribution in [3.05, 3.63) is 52.1 Å². The highest BCUT2D eigenvalue weighted by atomic mass is 79.9. The van der Waals surface area contributed by atoms with E-state index in [4.69, 9.17) is 0 Å². The highest BCUT2D eigenvalue weighted by Crippen LogP contribution is 2.21. The lowest BCUT2D eigenvalue weighted by molar-refractivity contribution is 0.102. The Morgan fingerprint density at radius 3 is 2.62 bits per heavy atom. The molecule has 0 bridgehead atoms. The fourth-order valence-electron chi connectivity index (χ4n) is 2.64. The molecule has 0 saturated carbocycles. The molecule has 0 unspecified atom stereocenters. The van der Waals surface area contributed by atoms with E-state index in [2.05, 4.69) is 43.1 Å². The molecule has 0 aliphatic carbocycles. The lowest BCUT2D eigenvalue weighted by Gasteiger charge is -2.33. The first-order chi connectivity index (χ1) is 11.5. The van der Waals surface area contributed by atoms with Crippen molar-refractivity contribution in [1.82, 2.24) is 9.88 Å². The first-order valence-electron chi connectivity index (χ1n) is 8.00. The summed E-state index contributed by atoms with van der Waals surface area (Å²) in [6.45, 7) is 5.89. The molecule has 0 radical (unpaired) electrons. The summed E-state index contributed by atoms with van der Waals surface area (Å²) in [5.74, 6) is 0.740. The number of anilines is 2. The van der Waals surface area contributed by atoms with Crippen molar-refractivity contribution in [3.63, 3.8) is 0 Å². The van der Waals surface area contributed by atoms with Crippen LogP contribution in [0.5, 0.6) is 0 Å². The molecule has 2 aromatic rings. The number of hydrogen-bond acceptors (Lipinski definition) is 4. The van der Waals surface area contributed by atoms with Gasteiger partial charge in [0.05, 0.1) is 0 Å². The SMILES string of the molecule is Cc1ccc(NC(=O)c2ccnc(N3CCN(C)CC3)c2)cc1Br. The third-order valence-corrected chi connectivity index (χ3v) is 5.12. The van der Waals surface area contributed by atoms with E-state index in [0.717, 1.165) is 47.7 Å². The summed E-state index contributed by atoms with van der Waals surface area (Å²) in [6.07, 6.45) is 1.70. The van der Waals surface area contributed by atoms with Crippen LogP contribution in [0.4, 0.5) is 11.5 Å². The van der Waals surface area contributed by atoms with Crippen molar-refractivity contribution < 1.29 is 4.79 Å². The van der Waals surface area contributed by atoms with E-state index >= 15 is 0 Å². The summed E-state index contributed by atoms with van der Waals surface area (Å²) in [4.78, 5) is 21.5. The summed E-state index contributed by atoms with van der Waals surface area (Å²) in [6, 6.07) is 9.40. The van der Waals surface area contributed by atoms with E-state index < -0.39 is 0 Å². The number of piperazine rings is 1. The summed E-state index contributed by atoms with van der Waals surface area (Å²) in [5, 5.41) is 2.94. The van der Waals surface area contributed by atoms with E-state index in [9.17, 15) is 4.79 Å². The Morgan fingerprint density at radius 1 is 1.17 bits per heavy atom. The van der Waals surface area contributed by atoms with Crippen molar-refractivity contribution in [2.24, 2.45) is 0 Å². The molecule has 1 aromatic heterocycles. The van der Waals surface area contributed by atoms with Crippen LogP contribution in [0.3, 0.4) is 0 Å². The van der Waals surface area contributed by atoms with Gasteiger partial charge in [-0.1, -0.05) is 22.0 Å². The van der Waals surface area contributed by atoms with Crippen LogP contribution < -0.4 is 10.2 Å². The molecular weight excluding hydrogens is 368 g/mol. The summed E-state index contributed by atoms with van der Waals surface area (Å²) >= 11 is 3.49. The Bertz CT molecular complexity index is 742. The second kappa shape index (κ2) is 7.32. The van der Waals surface area contributed by atoms with Gasteiger partial charge in [-0.05, 0) is 43.8 Å². The molecule has 3 rings (SSSR count). The maximum Gasteiger partial charge on any atom is 0.255 e. The molecule has 1 aliphatic rings. The van der Waals surface area contributed by atoms with Gasteiger partial charge in [-0.3, -0.25) is 4.79 Å². The summed E-state index contributed by atoms with van der Waals surface area (Å²) in [7, 11) is 2.12. The number of rotatable bonds is 3. The Kier molecular flexibility index (Phi) is 5.16. The highest BCUT2D eigenvalue weighted by Gasteiger charge is 2.16. The molecule has 6 heteroatoms. The third kappa shape index (κ3) is 3.94. The van der Waals surface area contributed by atoms with Gasteiger partial charge in [0.15, 0.2) is 0 Å².